The second-order valence-corrected chi connectivity index (χ2v) is 11.5. The molecule has 0 aliphatic rings. The molecular formula is C24H38N2O2S. The molecule has 3 heterocycles. The first-order valence-electron chi connectivity index (χ1n) is 10.00. The van der Waals surface area contributed by atoms with Crippen LogP contribution in [0.5, 0.6) is 0 Å². The molecule has 29 heavy (non-hydrogen) atoms. The first kappa shape index (κ1) is 25.2. The van der Waals surface area contributed by atoms with Crippen LogP contribution in [-0.2, 0) is 16.2 Å². The molecule has 0 bridgehead atoms. The fraction of sp³-hybridized carbons (Fsp3) is 0.583. The van der Waals surface area contributed by atoms with Gasteiger partial charge >= 0.3 is 0 Å². The number of hydrogen-bond donors (Lipinski definition) is 0. The highest BCUT2D eigenvalue weighted by molar-refractivity contribution is 7.11. The van der Waals surface area contributed by atoms with Crippen molar-refractivity contribution in [3.05, 3.63) is 58.1 Å². The number of thiazole rings is 1. The Hall–Kier alpha value is -1.88. The number of rotatable bonds is 0. The Bertz CT molecular complexity index is 788. The van der Waals surface area contributed by atoms with E-state index in [-0.39, 0.29) is 16.2 Å². The van der Waals surface area contributed by atoms with Gasteiger partial charge in [-0.3, -0.25) is 0 Å². The molecule has 5 heteroatoms. The van der Waals surface area contributed by atoms with Crippen molar-refractivity contribution < 1.29 is 8.83 Å². The molecule has 3 aromatic heterocycles. The molecule has 0 amide bonds. The van der Waals surface area contributed by atoms with Crippen LogP contribution in [-0.4, -0.2) is 9.97 Å². The third-order valence-electron chi connectivity index (χ3n) is 3.88. The average molecular weight is 419 g/mol. The normalized spacial score (nSPS) is 12.0. The molecule has 0 atom stereocenters. The maximum Gasteiger partial charge on any atom is 0.199 e. The monoisotopic (exact) mass is 418 g/mol. The maximum atomic E-state index is 5.22. The number of aromatic nitrogens is 2. The Kier molecular flexibility index (Phi) is 8.46. The number of hydrogen-bond acceptors (Lipinski definition) is 5. The quantitative estimate of drug-likeness (QED) is 0.377. The second kappa shape index (κ2) is 9.75. The summed E-state index contributed by atoms with van der Waals surface area (Å²) in [5.41, 5.74) is 1.41. The summed E-state index contributed by atoms with van der Waals surface area (Å²) < 4.78 is 10.4. The Balaban J connectivity index is 0.000000218. The van der Waals surface area contributed by atoms with Gasteiger partial charge in [0.15, 0.2) is 5.89 Å². The van der Waals surface area contributed by atoms with Gasteiger partial charge in [-0.15, -0.1) is 11.3 Å². The maximum absolute atomic E-state index is 5.22. The summed E-state index contributed by atoms with van der Waals surface area (Å²) in [5, 5.41) is 1.16. The Morgan fingerprint density at radius 2 is 1.45 bits per heavy atom. The fourth-order valence-electron chi connectivity index (χ4n) is 2.11. The van der Waals surface area contributed by atoms with Crippen LogP contribution in [0.2, 0.25) is 0 Å². The van der Waals surface area contributed by atoms with Crippen LogP contribution in [0.4, 0.5) is 0 Å². The van der Waals surface area contributed by atoms with E-state index in [4.69, 9.17) is 8.83 Å². The minimum atomic E-state index is 0.0360. The van der Waals surface area contributed by atoms with Crippen molar-refractivity contribution in [2.24, 2.45) is 0 Å². The van der Waals surface area contributed by atoms with E-state index in [1.54, 1.807) is 23.9 Å². The van der Waals surface area contributed by atoms with Gasteiger partial charge in [0, 0.05) is 21.9 Å². The van der Waals surface area contributed by atoms with Crippen molar-refractivity contribution in [1.82, 2.24) is 9.97 Å². The summed E-state index contributed by atoms with van der Waals surface area (Å²) in [4.78, 5) is 9.78. The molecular weight excluding hydrogens is 380 g/mol. The van der Waals surface area contributed by atoms with E-state index in [0.717, 1.165) is 22.4 Å². The molecule has 0 N–H and O–H groups in total. The number of nitrogens with zero attached hydrogens (tertiary/aromatic N) is 2. The SMILES string of the molecule is CC(C)(C)c1ccco1.Cc1coc(C(C)(C)C)n1.Cc1ncc(C(C)(C)C)s1. The molecule has 4 nitrogen and oxygen atoms in total. The predicted molar refractivity (Wildman–Crippen MR) is 123 cm³/mol. The lowest BCUT2D eigenvalue weighted by atomic mass is 9.94. The first-order valence-corrected chi connectivity index (χ1v) is 10.8. The van der Waals surface area contributed by atoms with E-state index in [9.17, 15) is 0 Å². The highest BCUT2D eigenvalue weighted by Crippen LogP contribution is 2.27. The average Bonchev–Trinajstić information content (AvgIpc) is 3.26. The van der Waals surface area contributed by atoms with Gasteiger partial charge in [-0.05, 0) is 31.4 Å². The molecule has 0 unspecified atom stereocenters. The summed E-state index contributed by atoms with van der Waals surface area (Å²) in [6.07, 6.45) is 5.36. The lowest BCUT2D eigenvalue weighted by molar-refractivity contribution is 0.392. The molecule has 162 valence electrons. The van der Waals surface area contributed by atoms with E-state index in [1.807, 2.05) is 32.2 Å². The second-order valence-electron chi connectivity index (χ2n) is 10.3. The van der Waals surface area contributed by atoms with Gasteiger partial charge < -0.3 is 8.83 Å². The van der Waals surface area contributed by atoms with Gasteiger partial charge in [0.1, 0.15) is 12.0 Å². The Morgan fingerprint density at radius 1 is 0.828 bits per heavy atom. The zero-order chi connectivity index (χ0) is 22.5. The molecule has 0 saturated heterocycles. The Morgan fingerprint density at radius 3 is 1.66 bits per heavy atom. The van der Waals surface area contributed by atoms with Gasteiger partial charge in [-0.25, -0.2) is 9.97 Å². The van der Waals surface area contributed by atoms with Crippen LogP contribution < -0.4 is 0 Å². The minimum Gasteiger partial charge on any atom is -0.469 e. The minimum absolute atomic E-state index is 0.0360. The van der Waals surface area contributed by atoms with Crippen LogP contribution in [0.15, 0.2) is 39.7 Å². The standard InChI is InChI=1S/C8H13NO.C8H13NS.C8H12O/c1-6-5-10-7(9-6)8(2,3)4;1-6-9-5-7(10-6)8(2,3)4;1-8(2,3)7-5-4-6-9-7/h2*5H,1-4H3;4-6H,1-3H3. The van der Waals surface area contributed by atoms with E-state index < -0.39 is 0 Å². The van der Waals surface area contributed by atoms with Crippen molar-refractivity contribution in [1.29, 1.82) is 0 Å². The van der Waals surface area contributed by atoms with E-state index >= 15 is 0 Å². The van der Waals surface area contributed by atoms with Crippen LogP contribution in [0, 0.1) is 13.8 Å². The Labute approximate surface area is 180 Å². The first-order chi connectivity index (χ1) is 13.1. The lowest BCUT2D eigenvalue weighted by Gasteiger charge is -2.14. The molecule has 3 rings (SSSR count). The van der Waals surface area contributed by atoms with Gasteiger partial charge in [-0.1, -0.05) is 62.3 Å². The number of aryl methyl sites for hydroxylation is 2. The van der Waals surface area contributed by atoms with Crippen molar-refractivity contribution in [2.75, 3.05) is 0 Å². The largest absolute Gasteiger partial charge is 0.469 e. The van der Waals surface area contributed by atoms with Crippen molar-refractivity contribution in [2.45, 2.75) is 92.4 Å². The summed E-state index contributed by atoms with van der Waals surface area (Å²) in [6, 6.07) is 3.92. The van der Waals surface area contributed by atoms with Crippen LogP contribution in [0.25, 0.3) is 0 Å². The third-order valence-corrected chi connectivity index (χ3v) is 5.22. The zero-order valence-corrected chi connectivity index (χ0v) is 20.8. The summed E-state index contributed by atoms with van der Waals surface area (Å²) in [6.45, 7) is 23.2. The molecule has 0 aliphatic carbocycles. The smallest absolute Gasteiger partial charge is 0.199 e. The van der Waals surface area contributed by atoms with E-state index in [0.29, 0.717) is 0 Å². The summed E-state index contributed by atoms with van der Waals surface area (Å²) >= 11 is 1.78. The highest BCUT2D eigenvalue weighted by atomic mass is 32.1. The summed E-state index contributed by atoms with van der Waals surface area (Å²) in [5.74, 6) is 1.85. The lowest BCUT2D eigenvalue weighted by Crippen LogP contribution is -2.11. The van der Waals surface area contributed by atoms with E-state index in [2.05, 4.69) is 72.3 Å². The molecule has 0 radical (unpaired) electrons. The van der Waals surface area contributed by atoms with Crippen molar-refractivity contribution in [3.63, 3.8) is 0 Å². The molecule has 3 aromatic rings. The molecule has 0 aliphatic heterocycles. The topological polar surface area (TPSA) is 52.1 Å². The van der Waals surface area contributed by atoms with Crippen LogP contribution in [0.3, 0.4) is 0 Å². The fourth-order valence-corrected chi connectivity index (χ4v) is 2.95. The van der Waals surface area contributed by atoms with Gasteiger partial charge in [0.25, 0.3) is 0 Å². The molecule has 0 aromatic carbocycles. The van der Waals surface area contributed by atoms with Crippen LogP contribution >= 0.6 is 11.3 Å². The highest BCUT2D eigenvalue weighted by Gasteiger charge is 2.19. The van der Waals surface area contributed by atoms with Gasteiger partial charge in [0.2, 0.25) is 0 Å². The van der Waals surface area contributed by atoms with E-state index in [1.165, 1.54) is 4.88 Å². The zero-order valence-electron chi connectivity index (χ0n) is 20.0. The predicted octanol–water partition coefficient (Wildman–Crippen LogP) is 7.61. The van der Waals surface area contributed by atoms with Gasteiger partial charge in [0.05, 0.1) is 17.0 Å². The van der Waals surface area contributed by atoms with Crippen LogP contribution in [0.1, 0.15) is 89.5 Å². The van der Waals surface area contributed by atoms with Crippen molar-refractivity contribution in [3.8, 4) is 0 Å². The molecule has 0 spiro atoms. The third kappa shape index (κ3) is 8.99. The summed E-state index contributed by atoms with van der Waals surface area (Å²) in [7, 11) is 0. The molecule has 0 fully saturated rings. The van der Waals surface area contributed by atoms with Gasteiger partial charge in [-0.2, -0.15) is 0 Å². The number of oxazole rings is 1. The molecule has 0 saturated carbocycles. The number of furan rings is 1. The van der Waals surface area contributed by atoms with Crippen molar-refractivity contribution >= 4 is 11.3 Å².